The zero-order valence-electron chi connectivity index (χ0n) is 9.52. The van der Waals surface area contributed by atoms with Gasteiger partial charge in [0, 0.05) is 12.6 Å². The third-order valence-electron chi connectivity index (χ3n) is 2.97. The molecule has 0 bridgehead atoms. The van der Waals surface area contributed by atoms with E-state index < -0.39 is 11.7 Å². The maximum Gasteiger partial charge on any atom is 0.411 e. The quantitative estimate of drug-likeness (QED) is 0.859. The summed E-state index contributed by atoms with van der Waals surface area (Å²) in [7, 11) is 1.66. The van der Waals surface area contributed by atoms with Crippen LogP contribution in [0.3, 0.4) is 0 Å². The molecule has 1 fully saturated rings. The number of hydrogen-bond acceptors (Lipinski definition) is 4. The lowest BCUT2D eigenvalue weighted by Gasteiger charge is -2.22. The van der Waals surface area contributed by atoms with Crippen LogP contribution in [0.15, 0.2) is 6.33 Å². The second kappa shape index (κ2) is 3.75. The molecule has 1 aromatic rings. The minimum atomic E-state index is -4.25. The Kier molecular flexibility index (Phi) is 2.63. The number of alkyl halides is 3. The van der Waals surface area contributed by atoms with Gasteiger partial charge in [-0.2, -0.15) is 13.2 Å². The van der Waals surface area contributed by atoms with Gasteiger partial charge in [-0.3, -0.25) is 0 Å². The van der Waals surface area contributed by atoms with Crippen LogP contribution in [0.1, 0.15) is 18.4 Å². The van der Waals surface area contributed by atoms with Crippen molar-refractivity contribution in [2.75, 3.05) is 17.7 Å². The molecule has 7 heteroatoms. The molecule has 0 atom stereocenters. The van der Waals surface area contributed by atoms with Crippen LogP contribution in [0.25, 0.3) is 0 Å². The molecule has 0 spiro atoms. The van der Waals surface area contributed by atoms with Crippen LogP contribution in [0.2, 0.25) is 0 Å². The maximum atomic E-state index is 12.8. The van der Waals surface area contributed by atoms with Gasteiger partial charge in [-0.15, -0.1) is 0 Å². The lowest BCUT2D eigenvalue weighted by molar-refractivity contribution is -0.151. The fourth-order valence-electron chi connectivity index (χ4n) is 1.66. The fraction of sp³-hybridized carbons (Fsp3) is 0.600. The van der Waals surface area contributed by atoms with E-state index in [1.165, 1.54) is 6.33 Å². The van der Waals surface area contributed by atoms with Crippen molar-refractivity contribution in [3.63, 3.8) is 0 Å². The van der Waals surface area contributed by atoms with E-state index in [0.717, 1.165) is 0 Å². The Morgan fingerprint density at radius 1 is 1.24 bits per heavy atom. The van der Waals surface area contributed by atoms with E-state index in [1.54, 1.807) is 14.0 Å². The lowest BCUT2D eigenvalue weighted by Crippen LogP contribution is -2.39. The van der Waals surface area contributed by atoms with Crippen molar-refractivity contribution in [3.8, 4) is 0 Å². The third kappa shape index (κ3) is 2.01. The van der Waals surface area contributed by atoms with Gasteiger partial charge in [-0.05, 0) is 19.8 Å². The zero-order valence-corrected chi connectivity index (χ0v) is 9.52. The van der Waals surface area contributed by atoms with Gasteiger partial charge < -0.3 is 10.6 Å². The molecule has 1 aliphatic carbocycles. The minimum Gasteiger partial charge on any atom is -0.373 e. The van der Waals surface area contributed by atoms with Crippen LogP contribution in [0.4, 0.5) is 24.8 Å². The molecule has 0 aliphatic heterocycles. The van der Waals surface area contributed by atoms with Crippen LogP contribution in [-0.4, -0.2) is 28.7 Å². The molecule has 1 aliphatic rings. The molecule has 1 heterocycles. The molecule has 0 amide bonds. The fourth-order valence-corrected chi connectivity index (χ4v) is 1.66. The number of aromatic nitrogens is 2. The molecule has 2 N–H and O–H groups in total. The maximum absolute atomic E-state index is 12.8. The van der Waals surface area contributed by atoms with E-state index in [4.69, 9.17) is 0 Å². The smallest absolute Gasteiger partial charge is 0.373 e. The molecule has 0 radical (unpaired) electrons. The van der Waals surface area contributed by atoms with Gasteiger partial charge in [-0.1, -0.05) is 0 Å². The SMILES string of the molecule is CNc1ncnc(NC2(C(F)(F)F)CC2)c1C. The van der Waals surface area contributed by atoms with Crippen molar-refractivity contribution in [2.45, 2.75) is 31.5 Å². The Bertz CT molecular complexity index is 426. The number of anilines is 2. The molecule has 0 saturated heterocycles. The molecular weight excluding hydrogens is 233 g/mol. The average Bonchev–Trinajstić information content (AvgIpc) is 3.01. The van der Waals surface area contributed by atoms with E-state index >= 15 is 0 Å². The van der Waals surface area contributed by atoms with Crippen molar-refractivity contribution < 1.29 is 13.2 Å². The number of rotatable bonds is 3. The second-order valence-electron chi connectivity index (χ2n) is 4.15. The first-order valence-corrected chi connectivity index (χ1v) is 5.24. The van der Waals surface area contributed by atoms with E-state index in [1.807, 2.05) is 0 Å². The number of hydrogen-bond donors (Lipinski definition) is 2. The van der Waals surface area contributed by atoms with Crippen molar-refractivity contribution >= 4 is 11.6 Å². The van der Waals surface area contributed by atoms with Gasteiger partial charge in [0.25, 0.3) is 0 Å². The van der Waals surface area contributed by atoms with Crippen molar-refractivity contribution in [1.82, 2.24) is 9.97 Å². The summed E-state index contributed by atoms with van der Waals surface area (Å²) >= 11 is 0. The standard InChI is InChI=1S/C10H13F3N4/c1-6-7(14-2)15-5-16-8(6)17-9(3-4-9)10(11,12)13/h5H,3-4H2,1-2H3,(H2,14,15,16,17). The van der Waals surface area contributed by atoms with E-state index in [9.17, 15) is 13.2 Å². The van der Waals surface area contributed by atoms with Crippen LogP contribution >= 0.6 is 0 Å². The lowest BCUT2D eigenvalue weighted by atomic mass is 10.2. The molecular formula is C10H13F3N4. The predicted molar refractivity (Wildman–Crippen MR) is 58.0 cm³/mol. The van der Waals surface area contributed by atoms with Crippen LogP contribution in [0.5, 0.6) is 0 Å². The van der Waals surface area contributed by atoms with Gasteiger partial charge in [0.1, 0.15) is 23.5 Å². The summed E-state index contributed by atoms with van der Waals surface area (Å²) in [6, 6.07) is 0. The summed E-state index contributed by atoms with van der Waals surface area (Å²) in [5.41, 5.74) is -1.21. The summed E-state index contributed by atoms with van der Waals surface area (Å²) in [5.74, 6) is 0.764. The molecule has 94 valence electrons. The Labute approximate surface area is 96.7 Å². The van der Waals surface area contributed by atoms with E-state index in [2.05, 4.69) is 20.6 Å². The molecule has 2 rings (SSSR count). The second-order valence-corrected chi connectivity index (χ2v) is 4.15. The molecule has 17 heavy (non-hydrogen) atoms. The summed E-state index contributed by atoms with van der Waals surface area (Å²) in [4.78, 5) is 7.79. The molecule has 0 aromatic carbocycles. The van der Waals surface area contributed by atoms with Crippen LogP contribution in [0, 0.1) is 6.92 Å². The largest absolute Gasteiger partial charge is 0.411 e. The van der Waals surface area contributed by atoms with Crippen molar-refractivity contribution in [1.29, 1.82) is 0 Å². The number of nitrogens with zero attached hydrogens (tertiary/aromatic N) is 2. The number of nitrogens with one attached hydrogen (secondary N) is 2. The highest BCUT2D eigenvalue weighted by Gasteiger charge is 2.63. The topological polar surface area (TPSA) is 49.8 Å². The highest BCUT2D eigenvalue weighted by atomic mass is 19.4. The summed E-state index contributed by atoms with van der Waals surface area (Å²) in [5, 5.41) is 5.30. The normalized spacial score (nSPS) is 17.7. The van der Waals surface area contributed by atoms with Gasteiger partial charge in [0.15, 0.2) is 0 Å². The van der Waals surface area contributed by atoms with Gasteiger partial charge in [-0.25, -0.2) is 9.97 Å². The van der Waals surface area contributed by atoms with Crippen molar-refractivity contribution in [2.24, 2.45) is 0 Å². The third-order valence-corrected chi connectivity index (χ3v) is 2.97. The summed E-state index contributed by atoms with van der Waals surface area (Å²) in [6.07, 6.45) is -2.82. The number of halogens is 3. The average molecular weight is 246 g/mol. The zero-order chi connectivity index (χ0) is 12.7. The summed E-state index contributed by atoms with van der Waals surface area (Å²) < 4.78 is 38.3. The Hall–Kier alpha value is -1.53. The van der Waals surface area contributed by atoms with Gasteiger partial charge >= 0.3 is 6.18 Å². The Morgan fingerprint density at radius 2 is 1.82 bits per heavy atom. The first-order valence-electron chi connectivity index (χ1n) is 5.24. The molecule has 1 saturated carbocycles. The Morgan fingerprint density at radius 3 is 2.29 bits per heavy atom. The minimum absolute atomic E-state index is 0.0921. The van der Waals surface area contributed by atoms with Gasteiger partial charge in [0.2, 0.25) is 0 Å². The van der Waals surface area contributed by atoms with Crippen molar-refractivity contribution in [3.05, 3.63) is 11.9 Å². The van der Waals surface area contributed by atoms with Gasteiger partial charge in [0.05, 0.1) is 0 Å². The monoisotopic (exact) mass is 246 g/mol. The Balaban J connectivity index is 2.26. The van der Waals surface area contributed by atoms with Crippen LogP contribution < -0.4 is 10.6 Å². The summed E-state index contributed by atoms with van der Waals surface area (Å²) in [6.45, 7) is 1.68. The van der Waals surface area contributed by atoms with E-state index in [-0.39, 0.29) is 18.7 Å². The molecule has 1 aromatic heterocycles. The molecule has 4 nitrogen and oxygen atoms in total. The highest BCUT2D eigenvalue weighted by molar-refractivity contribution is 5.58. The first kappa shape index (κ1) is 11.9. The van der Waals surface area contributed by atoms with E-state index in [0.29, 0.717) is 11.4 Å². The highest BCUT2D eigenvalue weighted by Crippen LogP contribution is 2.51. The first-order chi connectivity index (χ1) is 7.89. The predicted octanol–water partition coefficient (Wildman–Crippen LogP) is 2.33. The van der Waals surface area contributed by atoms with Crippen LogP contribution in [-0.2, 0) is 0 Å². The molecule has 0 unspecified atom stereocenters.